The largest absolute Gasteiger partial charge is 0.455 e. The smallest absolute Gasteiger partial charge is 0.143 e. The summed E-state index contributed by atoms with van der Waals surface area (Å²) in [5.41, 5.74) is 19.9. The lowest BCUT2D eigenvalue weighted by Gasteiger charge is -2.20. The Balaban J connectivity index is 0.907. The van der Waals surface area contributed by atoms with Crippen molar-refractivity contribution in [3.05, 3.63) is 265 Å². The average Bonchev–Trinajstić information content (AvgIpc) is 3.75. The molecule has 0 N–H and O–H groups in total. The maximum atomic E-state index is 6.36. The van der Waals surface area contributed by atoms with Gasteiger partial charge in [-0.05, 0) is 90.0 Å². The zero-order valence-corrected chi connectivity index (χ0v) is 34.2. The maximum absolute atomic E-state index is 6.36. The van der Waals surface area contributed by atoms with Crippen molar-refractivity contribution in [3.63, 3.8) is 0 Å². The van der Waals surface area contributed by atoms with E-state index in [4.69, 9.17) is 4.42 Å². The van der Waals surface area contributed by atoms with Gasteiger partial charge in [-0.15, -0.1) is 0 Å². The van der Waals surface area contributed by atoms with Crippen molar-refractivity contribution in [3.8, 4) is 66.8 Å². The summed E-state index contributed by atoms with van der Waals surface area (Å²) in [5, 5.41) is 2.29. The number of hydrogen-bond donors (Lipinski definition) is 0. The Morgan fingerprint density at radius 3 is 1.08 bits per heavy atom. The number of fused-ring (bicyclic) bond motifs is 3. The number of furan rings is 1. The minimum absolute atomic E-state index is 0.0509. The summed E-state index contributed by atoms with van der Waals surface area (Å²) < 4.78 is 6.36. The number of rotatable bonds is 9. The highest BCUT2D eigenvalue weighted by atomic mass is 16.3. The molecule has 0 spiro atoms. The number of para-hydroxylation sites is 2. The summed E-state index contributed by atoms with van der Waals surface area (Å²) in [5.74, 6) is 0.0509. The topological polar surface area (TPSA) is 13.1 Å². The molecule has 0 saturated carbocycles. The van der Waals surface area contributed by atoms with Gasteiger partial charge in [-0.1, -0.05) is 237 Å². The van der Waals surface area contributed by atoms with Gasteiger partial charge in [-0.3, -0.25) is 0 Å². The highest BCUT2D eigenvalue weighted by Gasteiger charge is 2.19. The van der Waals surface area contributed by atoms with Gasteiger partial charge in [-0.25, -0.2) is 0 Å². The highest BCUT2D eigenvalue weighted by Crippen LogP contribution is 2.39. The fourth-order valence-electron chi connectivity index (χ4n) is 8.99. The van der Waals surface area contributed by atoms with E-state index in [1.54, 1.807) is 0 Å². The van der Waals surface area contributed by atoms with Crippen molar-refractivity contribution in [1.29, 1.82) is 0 Å². The Bertz CT molecular complexity index is 3270. The first kappa shape index (κ1) is 37.0. The van der Waals surface area contributed by atoms with E-state index < -0.39 is 0 Å². The molecule has 1 unspecified atom stereocenters. The molecule has 0 aliphatic carbocycles. The van der Waals surface area contributed by atoms with Gasteiger partial charge < -0.3 is 4.42 Å². The van der Waals surface area contributed by atoms with E-state index in [-0.39, 0.29) is 5.92 Å². The molecule has 1 nitrogen and oxygen atoms in total. The van der Waals surface area contributed by atoms with Gasteiger partial charge >= 0.3 is 0 Å². The molecule has 1 atom stereocenters. The van der Waals surface area contributed by atoms with Crippen molar-refractivity contribution < 1.29 is 4.42 Å². The highest BCUT2D eigenvalue weighted by molar-refractivity contribution is 6.09. The normalized spacial score (nSPS) is 11.8. The molecule has 62 heavy (non-hydrogen) atoms. The molecule has 11 rings (SSSR count). The van der Waals surface area contributed by atoms with Gasteiger partial charge in [0.15, 0.2) is 0 Å². The first-order chi connectivity index (χ1) is 30.7. The fourth-order valence-corrected chi connectivity index (χ4v) is 8.99. The van der Waals surface area contributed by atoms with Crippen LogP contribution in [0.1, 0.15) is 22.6 Å². The molecule has 1 aromatic heterocycles. The van der Waals surface area contributed by atoms with Crippen LogP contribution in [0.5, 0.6) is 0 Å². The molecule has 292 valence electrons. The molecule has 11 aromatic rings. The minimum Gasteiger partial charge on any atom is -0.455 e. The van der Waals surface area contributed by atoms with Crippen LogP contribution in [0.3, 0.4) is 0 Å². The first-order valence-electron chi connectivity index (χ1n) is 21.3. The molecule has 0 aliphatic rings. The number of benzene rings is 10. The van der Waals surface area contributed by atoms with E-state index in [2.05, 4.69) is 237 Å². The molecular weight excluding hydrogens is 749 g/mol. The lowest BCUT2D eigenvalue weighted by Crippen LogP contribution is -2.03. The Morgan fingerprint density at radius 2 is 0.581 bits per heavy atom. The molecule has 0 bridgehead atoms. The van der Waals surface area contributed by atoms with Crippen LogP contribution < -0.4 is 0 Å². The van der Waals surface area contributed by atoms with Crippen LogP contribution in [0.2, 0.25) is 0 Å². The van der Waals surface area contributed by atoms with Gasteiger partial charge in [0, 0.05) is 22.3 Å². The lowest BCUT2D eigenvalue weighted by atomic mass is 9.83. The molecule has 0 amide bonds. The predicted octanol–water partition coefficient (Wildman–Crippen LogP) is 16.8. The van der Waals surface area contributed by atoms with Crippen LogP contribution in [-0.4, -0.2) is 0 Å². The SMILES string of the molecule is c1ccc(-c2ccc(-c3ccc(C(c4ccc(-c5ccc(-c6cccc7c6oc6ccccc67)cc5)cc4)c4ccc(-c5cccc(-c6ccccc6)c5)cc4)cc3)cc2)cc1. The van der Waals surface area contributed by atoms with E-state index in [0.29, 0.717) is 0 Å². The third-order valence-corrected chi connectivity index (χ3v) is 12.3. The van der Waals surface area contributed by atoms with Crippen LogP contribution in [0.15, 0.2) is 253 Å². The molecular formula is C61H42O. The van der Waals surface area contributed by atoms with Crippen molar-refractivity contribution in [2.24, 2.45) is 0 Å². The van der Waals surface area contributed by atoms with Crippen molar-refractivity contribution in [2.75, 3.05) is 0 Å². The van der Waals surface area contributed by atoms with Gasteiger partial charge in [0.05, 0.1) is 0 Å². The van der Waals surface area contributed by atoms with E-state index in [1.165, 1.54) is 72.3 Å². The van der Waals surface area contributed by atoms with Crippen LogP contribution in [0.25, 0.3) is 88.7 Å². The van der Waals surface area contributed by atoms with Gasteiger partial charge in [0.25, 0.3) is 0 Å². The number of hydrogen-bond acceptors (Lipinski definition) is 1. The second-order valence-corrected chi connectivity index (χ2v) is 16.0. The summed E-state index contributed by atoms with van der Waals surface area (Å²) in [6, 6.07) is 89.9. The van der Waals surface area contributed by atoms with E-state index in [0.717, 1.165) is 33.1 Å². The minimum atomic E-state index is 0.0509. The molecule has 0 fully saturated rings. The lowest BCUT2D eigenvalue weighted by molar-refractivity contribution is 0.670. The van der Waals surface area contributed by atoms with Crippen LogP contribution >= 0.6 is 0 Å². The molecule has 1 heterocycles. The maximum Gasteiger partial charge on any atom is 0.143 e. The third-order valence-electron chi connectivity index (χ3n) is 12.3. The predicted molar refractivity (Wildman–Crippen MR) is 260 cm³/mol. The Labute approximate surface area is 362 Å². The Morgan fingerprint density at radius 1 is 0.242 bits per heavy atom. The second kappa shape index (κ2) is 16.2. The van der Waals surface area contributed by atoms with Gasteiger partial charge in [0.1, 0.15) is 11.2 Å². The van der Waals surface area contributed by atoms with Crippen LogP contribution in [0.4, 0.5) is 0 Å². The Kier molecular flexibility index (Phi) is 9.69. The van der Waals surface area contributed by atoms with Crippen molar-refractivity contribution in [2.45, 2.75) is 5.92 Å². The molecule has 0 saturated heterocycles. The first-order valence-corrected chi connectivity index (χ1v) is 21.3. The molecule has 1 heteroatoms. The zero-order valence-electron chi connectivity index (χ0n) is 34.2. The van der Waals surface area contributed by atoms with Crippen molar-refractivity contribution in [1.82, 2.24) is 0 Å². The fraction of sp³-hybridized carbons (Fsp3) is 0.0164. The molecule has 0 aliphatic heterocycles. The standard InChI is InChI=1S/C61H42O/c1-3-11-42(12-4-1)44-21-23-45(24-22-44)47-27-35-51(36-28-47)60(53-39-31-49(32-40-53)55-16-9-15-54(41-55)43-13-5-2-6-14-43)52-37-29-48(30-38-52)46-25-33-50(34-26-46)56-18-10-19-58-57-17-7-8-20-59(57)62-61(56)58/h1-41,60H. The van der Waals surface area contributed by atoms with E-state index >= 15 is 0 Å². The second-order valence-electron chi connectivity index (χ2n) is 16.0. The van der Waals surface area contributed by atoms with E-state index in [1.807, 2.05) is 12.1 Å². The van der Waals surface area contributed by atoms with Crippen LogP contribution in [-0.2, 0) is 0 Å². The summed E-state index contributed by atoms with van der Waals surface area (Å²) >= 11 is 0. The summed E-state index contributed by atoms with van der Waals surface area (Å²) in [6.45, 7) is 0. The summed E-state index contributed by atoms with van der Waals surface area (Å²) in [4.78, 5) is 0. The monoisotopic (exact) mass is 790 g/mol. The zero-order chi connectivity index (χ0) is 41.2. The van der Waals surface area contributed by atoms with Gasteiger partial charge in [-0.2, -0.15) is 0 Å². The summed E-state index contributed by atoms with van der Waals surface area (Å²) in [7, 11) is 0. The molecule has 10 aromatic carbocycles. The van der Waals surface area contributed by atoms with E-state index in [9.17, 15) is 0 Å². The summed E-state index contributed by atoms with van der Waals surface area (Å²) in [6.07, 6.45) is 0. The molecule has 0 radical (unpaired) electrons. The van der Waals surface area contributed by atoms with Crippen LogP contribution in [0, 0.1) is 0 Å². The Hall–Kier alpha value is -8.00. The average molecular weight is 791 g/mol. The quantitative estimate of drug-likeness (QED) is 0.133. The third kappa shape index (κ3) is 7.21. The van der Waals surface area contributed by atoms with Gasteiger partial charge in [0.2, 0.25) is 0 Å². The van der Waals surface area contributed by atoms with Crippen molar-refractivity contribution >= 4 is 21.9 Å².